The Labute approximate surface area is 112 Å². The van der Waals surface area contributed by atoms with Crippen LogP contribution in [-0.2, 0) is 14.1 Å². The second kappa shape index (κ2) is 6.59. The number of hydrogen-bond donors (Lipinski definition) is 1. The maximum Gasteiger partial charge on any atom is 0.323 e. The number of benzene rings is 1. The van der Waals surface area contributed by atoms with Crippen LogP contribution in [0.5, 0.6) is 11.5 Å². The fourth-order valence-electron chi connectivity index (χ4n) is 1.45. The van der Waals surface area contributed by atoms with Crippen molar-refractivity contribution in [2.24, 2.45) is 0 Å². The molecule has 1 rings (SSSR count). The normalized spacial score (nSPS) is 15.2. The molecule has 0 heterocycles. The van der Waals surface area contributed by atoms with E-state index in [0.29, 0.717) is 11.5 Å². The van der Waals surface area contributed by atoms with Crippen molar-refractivity contribution in [2.75, 3.05) is 20.9 Å². The summed E-state index contributed by atoms with van der Waals surface area (Å²) in [6.45, 7) is 2.95. The van der Waals surface area contributed by atoms with Gasteiger partial charge in [-0.25, -0.2) is 5.09 Å². The molecule has 106 valence electrons. The van der Waals surface area contributed by atoms with E-state index in [0.717, 1.165) is 0 Å². The van der Waals surface area contributed by atoms with Gasteiger partial charge in [0.1, 0.15) is 17.5 Å². The molecule has 0 aliphatic carbocycles. The van der Waals surface area contributed by atoms with E-state index in [1.54, 1.807) is 38.3 Å². The van der Waals surface area contributed by atoms with E-state index >= 15 is 0 Å². The van der Waals surface area contributed by atoms with Gasteiger partial charge in [0.05, 0.1) is 14.2 Å². The average Bonchev–Trinajstić information content (AvgIpc) is 2.37. The van der Waals surface area contributed by atoms with Crippen molar-refractivity contribution in [1.29, 1.82) is 0 Å². The van der Waals surface area contributed by atoms with Gasteiger partial charge in [0.25, 0.3) is 0 Å². The molecule has 0 bridgehead atoms. The van der Waals surface area contributed by atoms with Gasteiger partial charge < -0.3 is 14.0 Å². The topological polar surface area (TPSA) is 73.9 Å². The molecule has 0 aliphatic rings. The van der Waals surface area contributed by atoms with Crippen molar-refractivity contribution in [2.45, 2.75) is 13.0 Å². The number of carbonyl (C=O) groups is 1. The first-order valence-electron chi connectivity index (χ1n) is 5.65. The van der Waals surface area contributed by atoms with Crippen molar-refractivity contribution in [3.05, 3.63) is 24.3 Å². The van der Waals surface area contributed by atoms with Gasteiger partial charge in [0.2, 0.25) is 0 Å². The van der Waals surface area contributed by atoms with Crippen LogP contribution in [0.1, 0.15) is 6.92 Å². The van der Waals surface area contributed by atoms with Crippen LogP contribution in [0.25, 0.3) is 0 Å². The second-order valence-electron chi connectivity index (χ2n) is 3.99. The molecule has 0 aliphatic heterocycles. The predicted molar refractivity (Wildman–Crippen MR) is 71.8 cm³/mol. The molecule has 0 spiro atoms. The molecule has 1 N–H and O–H groups in total. The molecule has 7 heteroatoms. The summed E-state index contributed by atoms with van der Waals surface area (Å²) in [7, 11) is -0.328. The standard InChI is InChI=1S/C12H18NO5P/c1-9(12(14)17-3)13-19(4,15)18-11-7-5-10(16-2)6-8-11/h5-9H,1-4H3,(H,13,15)/t9-,19?/m0/s1. The number of rotatable bonds is 6. The summed E-state index contributed by atoms with van der Waals surface area (Å²) in [5.41, 5.74) is 0. The fraction of sp³-hybridized carbons (Fsp3) is 0.417. The minimum Gasteiger partial charge on any atom is -0.497 e. The van der Waals surface area contributed by atoms with Crippen molar-refractivity contribution in [1.82, 2.24) is 5.09 Å². The molecule has 2 atom stereocenters. The molecule has 1 unspecified atom stereocenters. The lowest BCUT2D eigenvalue weighted by atomic mass is 10.3. The number of hydrogen-bond acceptors (Lipinski definition) is 5. The molecule has 0 aromatic heterocycles. The van der Waals surface area contributed by atoms with Crippen molar-refractivity contribution >= 4 is 13.5 Å². The quantitative estimate of drug-likeness (QED) is 0.637. The number of nitrogens with one attached hydrogen (secondary N) is 1. The van der Waals surface area contributed by atoms with Crippen molar-refractivity contribution in [3.63, 3.8) is 0 Å². The molecule has 0 amide bonds. The Morgan fingerprint density at radius 3 is 2.21 bits per heavy atom. The summed E-state index contributed by atoms with van der Waals surface area (Å²) in [5.74, 6) is 0.603. The Bertz CT molecular complexity index is 474. The van der Waals surface area contributed by atoms with Crippen LogP contribution in [0.2, 0.25) is 0 Å². The van der Waals surface area contributed by atoms with E-state index in [2.05, 4.69) is 9.82 Å². The summed E-state index contributed by atoms with van der Waals surface area (Å²) in [6, 6.07) is 5.95. The largest absolute Gasteiger partial charge is 0.497 e. The Morgan fingerprint density at radius 1 is 1.21 bits per heavy atom. The molecule has 1 aromatic carbocycles. The van der Waals surface area contributed by atoms with Gasteiger partial charge in [-0.2, -0.15) is 0 Å². The summed E-state index contributed by atoms with van der Waals surface area (Å²) in [4.78, 5) is 11.2. The molecule has 19 heavy (non-hydrogen) atoms. The first kappa shape index (κ1) is 15.5. The van der Waals surface area contributed by atoms with Crippen LogP contribution in [0.4, 0.5) is 0 Å². The van der Waals surface area contributed by atoms with Gasteiger partial charge in [-0.1, -0.05) is 0 Å². The lowest BCUT2D eigenvalue weighted by molar-refractivity contribution is -0.142. The Balaban J connectivity index is 2.67. The zero-order valence-electron chi connectivity index (χ0n) is 11.4. The Kier molecular flexibility index (Phi) is 5.39. The first-order valence-corrected chi connectivity index (χ1v) is 7.72. The van der Waals surface area contributed by atoms with Crippen LogP contribution in [0, 0.1) is 0 Å². The Morgan fingerprint density at radius 2 is 1.74 bits per heavy atom. The number of methoxy groups -OCH3 is 2. The average molecular weight is 287 g/mol. The predicted octanol–water partition coefficient (Wildman–Crippen LogP) is 2.05. The van der Waals surface area contributed by atoms with Crippen molar-refractivity contribution < 1.29 is 23.4 Å². The molecule has 0 radical (unpaired) electrons. The third-order valence-electron chi connectivity index (χ3n) is 2.32. The smallest absolute Gasteiger partial charge is 0.323 e. The lowest BCUT2D eigenvalue weighted by Crippen LogP contribution is -2.33. The third kappa shape index (κ3) is 4.93. The van der Waals surface area contributed by atoms with Crippen LogP contribution in [0.15, 0.2) is 24.3 Å². The third-order valence-corrected chi connectivity index (χ3v) is 3.74. The lowest BCUT2D eigenvalue weighted by Gasteiger charge is -2.19. The highest BCUT2D eigenvalue weighted by Gasteiger charge is 2.24. The van der Waals surface area contributed by atoms with Crippen LogP contribution >= 0.6 is 7.52 Å². The first-order chi connectivity index (χ1) is 8.88. The maximum absolute atomic E-state index is 12.2. The van der Waals surface area contributed by atoms with Gasteiger partial charge >= 0.3 is 13.5 Å². The molecular weight excluding hydrogens is 269 g/mol. The van der Waals surface area contributed by atoms with E-state index in [1.807, 2.05) is 0 Å². The van der Waals surface area contributed by atoms with E-state index in [4.69, 9.17) is 9.26 Å². The van der Waals surface area contributed by atoms with Crippen LogP contribution in [0.3, 0.4) is 0 Å². The van der Waals surface area contributed by atoms with E-state index in [-0.39, 0.29) is 0 Å². The van der Waals surface area contributed by atoms with E-state index in [9.17, 15) is 9.36 Å². The van der Waals surface area contributed by atoms with Gasteiger partial charge in [-0.15, -0.1) is 0 Å². The highest BCUT2D eigenvalue weighted by molar-refractivity contribution is 7.56. The minimum atomic E-state index is -3.15. The highest BCUT2D eigenvalue weighted by atomic mass is 31.2. The SMILES string of the molecule is COC(=O)[C@H](C)NP(C)(=O)Oc1ccc(OC)cc1. The van der Waals surface area contributed by atoms with Gasteiger partial charge in [0, 0.05) is 6.66 Å². The molecule has 0 saturated carbocycles. The van der Waals surface area contributed by atoms with Crippen LogP contribution < -0.4 is 14.3 Å². The second-order valence-corrected chi connectivity index (χ2v) is 6.12. The summed E-state index contributed by atoms with van der Waals surface area (Å²) in [5, 5.41) is 2.61. The van der Waals surface area contributed by atoms with Gasteiger partial charge in [-0.05, 0) is 31.2 Å². The highest BCUT2D eigenvalue weighted by Crippen LogP contribution is 2.39. The fourth-order valence-corrected chi connectivity index (χ4v) is 2.83. The number of esters is 1. The molecule has 6 nitrogen and oxygen atoms in total. The minimum absolute atomic E-state index is 0.427. The number of ether oxygens (including phenoxy) is 2. The maximum atomic E-state index is 12.2. The molecular formula is C12H18NO5P. The Hall–Kier alpha value is -1.52. The van der Waals surface area contributed by atoms with Gasteiger partial charge in [0.15, 0.2) is 0 Å². The molecule has 0 saturated heterocycles. The van der Waals surface area contributed by atoms with Crippen molar-refractivity contribution in [3.8, 4) is 11.5 Å². The van der Waals surface area contributed by atoms with E-state index in [1.165, 1.54) is 13.8 Å². The molecule has 0 fully saturated rings. The summed E-state index contributed by atoms with van der Waals surface area (Å²) >= 11 is 0. The summed E-state index contributed by atoms with van der Waals surface area (Å²) in [6.07, 6.45) is 0. The monoisotopic (exact) mass is 287 g/mol. The summed E-state index contributed by atoms with van der Waals surface area (Å²) < 4.78 is 27.1. The zero-order valence-corrected chi connectivity index (χ0v) is 12.3. The number of carbonyl (C=O) groups excluding carboxylic acids is 1. The zero-order chi connectivity index (χ0) is 14.5. The molecule has 1 aromatic rings. The van der Waals surface area contributed by atoms with Crippen LogP contribution in [-0.4, -0.2) is 32.9 Å². The van der Waals surface area contributed by atoms with E-state index < -0.39 is 19.5 Å². The van der Waals surface area contributed by atoms with Gasteiger partial charge in [-0.3, -0.25) is 9.36 Å².